The standard InChI is InChI=1S/C16H21N3O/c1-2-19(13-15-5-3-4-10-18-15)11-12-20-16-8-6-14(17)7-9-16/h3-10H,2,11-13,17H2,1H3. The van der Waals surface area contributed by atoms with Gasteiger partial charge in [0.25, 0.3) is 0 Å². The summed E-state index contributed by atoms with van der Waals surface area (Å²) in [6, 6.07) is 13.5. The first-order valence-corrected chi connectivity index (χ1v) is 6.88. The third-order valence-corrected chi connectivity index (χ3v) is 3.12. The molecule has 0 unspecified atom stereocenters. The molecule has 1 aromatic heterocycles. The molecule has 0 saturated heterocycles. The second kappa shape index (κ2) is 7.50. The lowest BCUT2D eigenvalue weighted by Crippen LogP contribution is -2.28. The molecule has 1 aromatic carbocycles. The van der Waals surface area contributed by atoms with Gasteiger partial charge in [0.2, 0.25) is 0 Å². The SMILES string of the molecule is CCN(CCOc1ccc(N)cc1)Cc1ccccn1. The average Bonchev–Trinajstić information content (AvgIpc) is 2.49. The molecule has 2 rings (SSSR count). The minimum absolute atomic E-state index is 0.657. The Bertz CT molecular complexity index is 499. The Labute approximate surface area is 120 Å². The van der Waals surface area contributed by atoms with Crippen molar-refractivity contribution in [1.29, 1.82) is 0 Å². The second-order valence-corrected chi connectivity index (χ2v) is 4.61. The predicted molar refractivity (Wildman–Crippen MR) is 81.5 cm³/mol. The zero-order valence-electron chi connectivity index (χ0n) is 11.8. The number of rotatable bonds is 7. The molecule has 0 bridgehead atoms. The van der Waals surface area contributed by atoms with Gasteiger partial charge >= 0.3 is 0 Å². The van der Waals surface area contributed by atoms with E-state index in [0.717, 1.165) is 36.8 Å². The third kappa shape index (κ3) is 4.55. The molecule has 0 fully saturated rings. The lowest BCUT2D eigenvalue weighted by Gasteiger charge is -2.20. The van der Waals surface area contributed by atoms with E-state index in [-0.39, 0.29) is 0 Å². The summed E-state index contributed by atoms with van der Waals surface area (Å²) >= 11 is 0. The second-order valence-electron chi connectivity index (χ2n) is 4.61. The van der Waals surface area contributed by atoms with Crippen molar-refractivity contribution in [3.05, 3.63) is 54.4 Å². The number of anilines is 1. The topological polar surface area (TPSA) is 51.4 Å². The van der Waals surface area contributed by atoms with Gasteiger partial charge < -0.3 is 10.5 Å². The summed E-state index contributed by atoms with van der Waals surface area (Å²) in [6.45, 7) is 5.50. The van der Waals surface area contributed by atoms with Gasteiger partial charge in [0.1, 0.15) is 12.4 Å². The molecule has 2 aromatic rings. The zero-order valence-corrected chi connectivity index (χ0v) is 11.8. The van der Waals surface area contributed by atoms with Gasteiger partial charge in [0.05, 0.1) is 5.69 Å². The fraction of sp³-hybridized carbons (Fsp3) is 0.312. The highest BCUT2D eigenvalue weighted by molar-refractivity contribution is 5.41. The molecule has 0 aliphatic rings. The summed E-state index contributed by atoms with van der Waals surface area (Å²) in [6.07, 6.45) is 1.83. The maximum absolute atomic E-state index is 5.71. The minimum Gasteiger partial charge on any atom is -0.492 e. The molecular formula is C16H21N3O. The highest BCUT2D eigenvalue weighted by Crippen LogP contribution is 2.13. The Morgan fingerprint density at radius 3 is 2.60 bits per heavy atom. The first-order valence-electron chi connectivity index (χ1n) is 6.88. The maximum Gasteiger partial charge on any atom is 0.119 e. The van der Waals surface area contributed by atoms with Gasteiger partial charge in [0, 0.05) is 25.0 Å². The van der Waals surface area contributed by atoms with Crippen molar-refractivity contribution in [2.24, 2.45) is 0 Å². The van der Waals surface area contributed by atoms with Crippen molar-refractivity contribution in [2.45, 2.75) is 13.5 Å². The Kier molecular flexibility index (Phi) is 5.38. The molecule has 0 aliphatic carbocycles. The van der Waals surface area contributed by atoms with Crippen LogP contribution in [0, 0.1) is 0 Å². The largest absolute Gasteiger partial charge is 0.492 e. The molecular weight excluding hydrogens is 250 g/mol. The molecule has 0 aliphatic heterocycles. The Morgan fingerprint density at radius 1 is 1.15 bits per heavy atom. The highest BCUT2D eigenvalue weighted by atomic mass is 16.5. The number of aromatic nitrogens is 1. The van der Waals surface area contributed by atoms with Crippen LogP contribution in [0.5, 0.6) is 5.75 Å². The molecule has 4 nitrogen and oxygen atoms in total. The van der Waals surface area contributed by atoms with E-state index in [4.69, 9.17) is 10.5 Å². The van der Waals surface area contributed by atoms with E-state index in [2.05, 4.69) is 16.8 Å². The van der Waals surface area contributed by atoms with Gasteiger partial charge in [-0.1, -0.05) is 13.0 Å². The van der Waals surface area contributed by atoms with Crippen molar-refractivity contribution in [1.82, 2.24) is 9.88 Å². The van der Waals surface area contributed by atoms with Crippen LogP contribution in [0.15, 0.2) is 48.7 Å². The molecule has 20 heavy (non-hydrogen) atoms. The lowest BCUT2D eigenvalue weighted by molar-refractivity contribution is 0.208. The first-order chi connectivity index (χ1) is 9.78. The summed E-state index contributed by atoms with van der Waals surface area (Å²) in [5, 5.41) is 0. The fourth-order valence-electron chi connectivity index (χ4n) is 1.93. The quantitative estimate of drug-likeness (QED) is 0.786. The zero-order chi connectivity index (χ0) is 14.2. The minimum atomic E-state index is 0.657. The van der Waals surface area contributed by atoms with Crippen molar-refractivity contribution in [2.75, 3.05) is 25.4 Å². The van der Waals surface area contributed by atoms with E-state index >= 15 is 0 Å². The summed E-state index contributed by atoms with van der Waals surface area (Å²) in [4.78, 5) is 6.65. The Hall–Kier alpha value is -2.07. The molecule has 0 radical (unpaired) electrons. The summed E-state index contributed by atoms with van der Waals surface area (Å²) in [5.74, 6) is 0.855. The van der Waals surface area contributed by atoms with Crippen LogP contribution >= 0.6 is 0 Å². The van der Waals surface area contributed by atoms with E-state index in [9.17, 15) is 0 Å². The van der Waals surface area contributed by atoms with E-state index in [1.54, 1.807) is 0 Å². The van der Waals surface area contributed by atoms with E-state index < -0.39 is 0 Å². The maximum atomic E-state index is 5.71. The molecule has 106 valence electrons. The molecule has 0 spiro atoms. The fourth-order valence-corrected chi connectivity index (χ4v) is 1.93. The van der Waals surface area contributed by atoms with E-state index in [0.29, 0.717) is 6.61 Å². The van der Waals surface area contributed by atoms with E-state index in [1.165, 1.54) is 0 Å². The van der Waals surface area contributed by atoms with Gasteiger partial charge in [-0.25, -0.2) is 0 Å². The van der Waals surface area contributed by atoms with Crippen molar-refractivity contribution >= 4 is 5.69 Å². The monoisotopic (exact) mass is 271 g/mol. The van der Waals surface area contributed by atoms with Crippen LogP contribution in [0.25, 0.3) is 0 Å². The summed E-state index contributed by atoms with van der Waals surface area (Å²) < 4.78 is 5.71. The molecule has 1 heterocycles. The average molecular weight is 271 g/mol. The normalized spacial score (nSPS) is 10.7. The van der Waals surface area contributed by atoms with Crippen LogP contribution in [0.2, 0.25) is 0 Å². The summed E-state index contributed by atoms with van der Waals surface area (Å²) in [7, 11) is 0. The van der Waals surface area contributed by atoms with Crippen LogP contribution in [-0.2, 0) is 6.54 Å². The third-order valence-electron chi connectivity index (χ3n) is 3.12. The Balaban J connectivity index is 1.78. The van der Waals surface area contributed by atoms with Crippen molar-refractivity contribution in [3.63, 3.8) is 0 Å². The van der Waals surface area contributed by atoms with Crippen LogP contribution < -0.4 is 10.5 Å². The van der Waals surface area contributed by atoms with E-state index in [1.807, 2.05) is 48.7 Å². The number of hydrogen-bond acceptors (Lipinski definition) is 4. The summed E-state index contributed by atoms with van der Waals surface area (Å²) in [5.41, 5.74) is 7.48. The van der Waals surface area contributed by atoms with Crippen LogP contribution in [0.3, 0.4) is 0 Å². The number of benzene rings is 1. The predicted octanol–water partition coefficient (Wildman–Crippen LogP) is 2.56. The number of pyridine rings is 1. The first kappa shape index (κ1) is 14.3. The molecule has 0 amide bonds. The smallest absolute Gasteiger partial charge is 0.119 e. The van der Waals surface area contributed by atoms with Gasteiger partial charge in [-0.15, -0.1) is 0 Å². The number of likely N-dealkylation sites (N-methyl/N-ethyl adjacent to an activating group) is 1. The number of ether oxygens (including phenoxy) is 1. The molecule has 0 atom stereocenters. The number of nitrogens with zero attached hydrogens (tertiary/aromatic N) is 2. The molecule has 4 heteroatoms. The van der Waals surface area contributed by atoms with Gasteiger partial charge in [-0.2, -0.15) is 0 Å². The Morgan fingerprint density at radius 2 is 1.95 bits per heavy atom. The van der Waals surface area contributed by atoms with Gasteiger partial charge in [-0.3, -0.25) is 9.88 Å². The van der Waals surface area contributed by atoms with Crippen LogP contribution in [-0.4, -0.2) is 29.6 Å². The number of nitrogen functional groups attached to an aromatic ring is 1. The van der Waals surface area contributed by atoms with Gasteiger partial charge in [0.15, 0.2) is 0 Å². The van der Waals surface area contributed by atoms with Gasteiger partial charge in [-0.05, 0) is 42.9 Å². The highest BCUT2D eigenvalue weighted by Gasteiger charge is 2.04. The van der Waals surface area contributed by atoms with Crippen molar-refractivity contribution in [3.8, 4) is 5.75 Å². The van der Waals surface area contributed by atoms with Crippen molar-refractivity contribution < 1.29 is 4.74 Å². The number of hydrogen-bond donors (Lipinski definition) is 1. The number of nitrogens with two attached hydrogens (primary N) is 1. The van der Waals surface area contributed by atoms with Crippen LogP contribution in [0.1, 0.15) is 12.6 Å². The molecule has 0 saturated carbocycles. The lowest BCUT2D eigenvalue weighted by atomic mass is 10.3. The van der Waals surface area contributed by atoms with Crippen LogP contribution in [0.4, 0.5) is 5.69 Å². The molecule has 2 N–H and O–H groups in total.